The van der Waals surface area contributed by atoms with E-state index in [1.807, 2.05) is 29.2 Å². The number of rotatable bonds is 6. The van der Waals surface area contributed by atoms with Gasteiger partial charge in [0.25, 0.3) is 0 Å². The first-order valence-electron chi connectivity index (χ1n) is 9.35. The molecule has 0 radical (unpaired) electrons. The topological polar surface area (TPSA) is 70.1 Å². The lowest BCUT2D eigenvalue weighted by atomic mass is 9.85. The Bertz CT molecular complexity index is 663. The number of likely N-dealkylation sites (N-methyl/N-ethyl adjacent to an activating group) is 1. The van der Waals surface area contributed by atoms with Crippen LogP contribution in [0, 0.1) is 5.92 Å². The number of carbonyl (C=O) groups excluding carboxylic acids is 1. The highest BCUT2D eigenvalue weighted by molar-refractivity contribution is 5.80. The number of para-hydroxylation sites is 1. The summed E-state index contributed by atoms with van der Waals surface area (Å²) in [5, 5.41) is 9.60. The monoisotopic (exact) mass is 360 g/mol. The Morgan fingerprint density at radius 2 is 2.00 bits per heavy atom. The highest BCUT2D eigenvalue weighted by Crippen LogP contribution is 2.39. The number of hydrogen-bond acceptors (Lipinski definition) is 4. The number of carboxylic acids is 1. The van der Waals surface area contributed by atoms with Gasteiger partial charge in [-0.2, -0.15) is 0 Å². The van der Waals surface area contributed by atoms with E-state index < -0.39 is 12.0 Å². The van der Waals surface area contributed by atoms with E-state index in [-0.39, 0.29) is 18.5 Å². The van der Waals surface area contributed by atoms with E-state index in [4.69, 9.17) is 4.74 Å². The maximum absolute atomic E-state index is 12.8. The van der Waals surface area contributed by atoms with E-state index in [1.165, 1.54) is 6.42 Å². The average molecular weight is 360 g/mol. The largest absolute Gasteiger partial charge is 0.496 e. The van der Waals surface area contributed by atoms with Crippen LogP contribution in [0.25, 0.3) is 0 Å². The molecule has 1 N–H and O–H groups in total. The van der Waals surface area contributed by atoms with Crippen LogP contribution in [0.2, 0.25) is 0 Å². The summed E-state index contributed by atoms with van der Waals surface area (Å²) in [5.41, 5.74) is 0.942. The van der Waals surface area contributed by atoms with Crippen molar-refractivity contribution in [3.63, 3.8) is 0 Å². The Morgan fingerprint density at radius 1 is 1.27 bits per heavy atom. The molecule has 2 fully saturated rings. The molecule has 1 aromatic rings. The van der Waals surface area contributed by atoms with Crippen LogP contribution in [0.1, 0.15) is 37.7 Å². The van der Waals surface area contributed by atoms with Gasteiger partial charge in [-0.3, -0.25) is 14.5 Å². The third-order valence-corrected chi connectivity index (χ3v) is 5.85. The van der Waals surface area contributed by atoms with Crippen molar-refractivity contribution >= 4 is 11.9 Å². The Hall–Kier alpha value is -2.08. The number of fused-ring (bicyclic) bond motifs is 1. The SMILES string of the molecule is COc1ccccc1CN(C)C(=O)CN1C(C(=O)O)CC2CCCCC21. The zero-order valence-corrected chi connectivity index (χ0v) is 15.6. The van der Waals surface area contributed by atoms with Gasteiger partial charge >= 0.3 is 5.97 Å². The lowest BCUT2D eigenvalue weighted by molar-refractivity contribution is -0.144. The van der Waals surface area contributed by atoms with E-state index in [0.29, 0.717) is 18.9 Å². The van der Waals surface area contributed by atoms with E-state index in [9.17, 15) is 14.7 Å². The van der Waals surface area contributed by atoms with Crippen molar-refractivity contribution in [2.75, 3.05) is 20.7 Å². The highest BCUT2D eigenvalue weighted by atomic mass is 16.5. The zero-order valence-electron chi connectivity index (χ0n) is 15.6. The number of nitrogens with zero attached hydrogens (tertiary/aromatic N) is 2. The number of hydrogen-bond donors (Lipinski definition) is 1. The van der Waals surface area contributed by atoms with Gasteiger partial charge in [-0.05, 0) is 31.2 Å². The van der Waals surface area contributed by atoms with Crippen molar-refractivity contribution < 1.29 is 19.4 Å². The summed E-state index contributed by atoms with van der Waals surface area (Å²) >= 11 is 0. The molecule has 1 saturated carbocycles. The van der Waals surface area contributed by atoms with Crippen LogP contribution in [0.3, 0.4) is 0 Å². The predicted molar refractivity (Wildman–Crippen MR) is 98.0 cm³/mol. The Morgan fingerprint density at radius 3 is 2.73 bits per heavy atom. The second-order valence-corrected chi connectivity index (χ2v) is 7.44. The smallest absolute Gasteiger partial charge is 0.320 e. The van der Waals surface area contributed by atoms with Crippen LogP contribution in [0.15, 0.2) is 24.3 Å². The first-order valence-corrected chi connectivity index (χ1v) is 9.35. The number of ether oxygens (including phenoxy) is 1. The number of amides is 1. The standard InChI is InChI=1S/C20H28N2O4/c1-21(12-15-8-4-6-10-18(15)26-2)19(23)13-22-16-9-5-3-7-14(16)11-17(22)20(24)25/h4,6,8,10,14,16-17H,3,5,7,9,11-13H2,1-2H3,(H,24,25). The molecule has 6 nitrogen and oxygen atoms in total. The van der Waals surface area contributed by atoms with E-state index in [1.54, 1.807) is 19.1 Å². The van der Waals surface area contributed by atoms with Crippen molar-refractivity contribution in [1.29, 1.82) is 0 Å². The Labute approximate surface area is 154 Å². The molecule has 1 heterocycles. The van der Waals surface area contributed by atoms with Crippen LogP contribution >= 0.6 is 0 Å². The second-order valence-electron chi connectivity index (χ2n) is 7.44. The first-order chi connectivity index (χ1) is 12.5. The van der Waals surface area contributed by atoms with Crippen molar-refractivity contribution in [2.24, 2.45) is 5.92 Å². The molecule has 1 aromatic carbocycles. The lowest BCUT2D eigenvalue weighted by Crippen LogP contribution is -2.47. The van der Waals surface area contributed by atoms with Crippen LogP contribution in [0.4, 0.5) is 0 Å². The number of likely N-dealkylation sites (tertiary alicyclic amines) is 1. The van der Waals surface area contributed by atoms with Gasteiger partial charge in [-0.15, -0.1) is 0 Å². The molecule has 6 heteroatoms. The van der Waals surface area contributed by atoms with Crippen LogP contribution in [-0.4, -0.2) is 59.6 Å². The normalized spacial score (nSPS) is 25.5. The van der Waals surface area contributed by atoms with Crippen LogP contribution in [-0.2, 0) is 16.1 Å². The molecule has 0 aromatic heterocycles. The van der Waals surface area contributed by atoms with Crippen molar-refractivity contribution in [2.45, 2.75) is 50.7 Å². The van der Waals surface area contributed by atoms with E-state index in [0.717, 1.165) is 30.6 Å². The quantitative estimate of drug-likeness (QED) is 0.843. The van der Waals surface area contributed by atoms with Gasteiger partial charge in [0.1, 0.15) is 11.8 Å². The fraction of sp³-hybridized carbons (Fsp3) is 0.600. The average Bonchev–Trinajstić information content (AvgIpc) is 3.01. The minimum Gasteiger partial charge on any atom is -0.496 e. The summed E-state index contributed by atoms with van der Waals surface area (Å²) in [7, 11) is 3.38. The number of methoxy groups -OCH3 is 1. The second kappa shape index (κ2) is 8.08. The molecule has 0 bridgehead atoms. The summed E-state index contributed by atoms with van der Waals surface area (Å²) in [5.74, 6) is 0.314. The molecule has 26 heavy (non-hydrogen) atoms. The van der Waals surface area contributed by atoms with Gasteiger partial charge in [0.2, 0.25) is 5.91 Å². The van der Waals surface area contributed by atoms with Gasteiger partial charge in [-0.25, -0.2) is 0 Å². The summed E-state index contributed by atoms with van der Waals surface area (Å²) in [6, 6.07) is 7.33. The Balaban J connectivity index is 1.68. The summed E-state index contributed by atoms with van der Waals surface area (Å²) in [4.78, 5) is 28.1. The fourth-order valence-corrected chi connectivity index (χ4v) is 4.48. The van der Waals surface area contributed by atoms with Gasteiger partial charge in [0.05, 0.1) is 13.7 Å². The first kappa shape index (κ1) is 18.7. The van der Waals surface area contributed by atoms with Gasteiger partial charge in [0, 0.05) is 25.2 Å². The maximum atomic E-state index is 12.8. The lowest BCUT2D eigenvalue weighted by Gasteiger charge is -2.33. The molecule has 0 spiro atoms. The fourth-order valence-electron chi connectivity index (χ4n) is 4.48. The van der Waals surface area contributed by atoms with Crippen molar-refractivity contribution in [3.8, 4) is 5.75 Å². The van der Waals surface area contributed by atoms with Gasteiger partial charge < -0.3 is 14.7 Å². The molecule has 3 atom stereocenters. The molecular weight excluding hydrogens is 332 g/mol. The molecule has 142 valence electrons. The minimum absolute atomic E-state index is 0.0478. The molecule has 3 unspecified atom stereocenters. The van der Waals surface area contributed by atoms with Gasteiger partial charge in [-0.1, -0.05) is 31.0 Å². The minimum atomic E-state index is -0.806. The highest BCUT2D eigenvalue weighted by Gasteiger charge is 2.45. The van der Waals surface area contributed by atoms with Crippen LogP contribution in [0.5, 0.6) is 5.75 Å². The third-order valence-electron chi connectivity index (χ3n) is 5.85. The third kappa shape index (κ3) is 3.85. The molecular formula is C20H28N2O4. The number of aliphatic carboxylic acids is 1. The Kier molecular flexibility index (Phi) is 5.81. The summed E-state index contributed by atoms with van der Waals surface area (Å²) in [6.45, 7) is 0.617. The summed E-state index contributed by atoms with van der Waals surface area (Å²) in [6.07, 6.45) is 5.04. The predicted octanol–water partition coefficient (Wildman–Crippen LogP) is 2.37. The molecule has 3 rings (SSSR count). The molecule has 1 aliphatic heterocycles. The van der Waals surface area contributed by atoms with E-state index >= 15 is 0 Å². The number of carboxylic acid groups (broad SMARTS) is 1. The molecule has 1 aliphatic carbocycles. The van der Waals surface area contributed by atoms with Crippen molar-refractivity contribution in [3.05, 3.63) is 29.8 Å². The molecule has 1 amide bonds. The van der Waals surface area contributed by atoms with Crippen molar-refractivity contribution in [1.82, 2.24) is 9.80 Å². The van der Waals surface area contributed by atoms with Gasteiger partial charge in [0.15, 0.2) is 0 Å². The van der Waals surface area contributed by atoms with E-state index in [2.05, 4.69) is 0 Å². The molecule has 2 aliphatic rings. The maximum Gasteiger partial charge on any atom is 0.320 e. The zero-order chi connectivity index (χ0) is 18.7. The molecule has 1 saturated heterocycles. The van der Waals surface area contributed by atoms with Crippen LogP contribution < -0.4 is 4.74 Å². The number of benzene rings is 1. The number of carbonyl (C=O) groups is 2. The summed E-state index contributed by atoms with van der Waals surface area (Å²) < 4.78 is 5.35.